The average Bonchev–Trinajstić information content (AvgIpc) is 0.976. The smallest absolute Gasteiger partial charge is 0.293 e. The topological polar surface area (TPSA) is 217 Å². The fraction of sp³-hybridized carbons (Fsp3) is 0.587. The number of sulfonamides is 1. The number of H-pyrrole nitrogens is 1. The van der Waals surface area contributed by atoms with Crippen LogP contribution in [0.4, 0.5) is 28.4 Å². The number of nitrogens with zero attached hydrogens (tertiary/aromatic N) is 6. The van der Waals surface area contributed by atoms with E-state index in [0.717, 1.165) is 107 Å². The quantitative estimate of drug-likeness (QED) is 0.0601. The minimum absolute atomic E-state index is 0.00242. The number of carbonyl (C=O) groups excluding carboxylic acids is 1. The van der Waals surface area contributed by atoms with Gasteiger partial charge in [-0.25, -0.2) is 13.1 Å². The molecular formula is C63H83N9O10S. The van der Waals surface area contributed by atoms with Gasteiger partial charge in [-0.15, -0.1) is 0 Å². The number of aliphatic hydroxyl groups is 1. The van der Waals surface area contributed by atoms with Crippen molar-refractivity contribution in [3.63, 3.8) is 0 Å². The maximum absolute atomic E-state index is 15.0. The van der Waals surface area contributed by atoms with Gasteiger partial charge in [-0.05, 0) is 149 Å². The number of pyridine rings is 1. The Hall–Kier alpha value is -6.03. The second-order valence-corrected chi connectivity index (χ2v) is 28.0. The molecule has 4 saturated heterocycles. The molecule has 0 radical (unpaired) electrons. The number of hydrogen-bond acceptors (Lipinski definition) is 16. The van der Waals surface area contributed by atoms with Crippen LogP contribution in [0.5, 0.6) is 11.6 Å². The van der Waals surface area contributed by atoms with Gasteiger partial charge in [0.25, 0.3) is 21.6 Å². The van der Waals surface area contributed by atoms with E-state index in [9.17, 15) is 28.4 Å². The zero-order valence-electron chi connectivity index (χ0n) is 49.2. The molecule has 4 N–H and O–H groups in total. The summed E-state index contributed by atoms with van der Waals surface area (Å²) in [7, 11) is -4.66. The van der Waals surface area contributed by atoms with E-state index in [1.807, 2.05) is 37.4 Å². The lowest BCUT2D eigenvalue weighted by molar-refractivity contribution is -0.384. The number of fused-ring (bicyclic) bond motifs is 3. The number of aromatic nitrogens is 2. The fourth-order valence-corrected chi connectivity index (χ4v) is 17.4. The first-order valence-electron chi connectivity index (χ1n) is 30.2. The monoisotopic (exact) mass is 1160 g/mol. The molecule has 83 heavy (non-hydrogen) atoms. The van der Waals surface area contributed by atoms with Crippen LogP contribution in [0, 0.1) is 32.3 Å². The minimum atomic E-state index is -4.66. The molecule has 2 saturated carbocycles. The average molecular weight is 1160 g/mol. The van der Waals surface area contributed by atoms with E-state index in [0.29, 0.717) is 68.0 Å². The number of nitro benzene ring substituents is 1. The van der Waals surface area contributed by atoms with Crippen molar-refractivity contribution in [2.75, 3.05) is 80.8 Å². The molecule has 0 unspecified atom stereocenters. The highest BCUT2D eigenvalue weighted by Gasteiger charge is 2.73. The van der Waals surface area contributed by atoms with Gasteiger partial charge in [0.2, 0.25) is 5.88 Å². The number of nitro groups is 1. The van der Waals surface area contributed by atoms with E-state index >= 15 is 0 Å². The Morgan fingerprint density at radius 3 is 2.35 bits per heavy atom. The number of carbonyl (C=O) groups is 1. The molecule has 1 spiro atoms. The number of piperazine rings is 1. The lowest BCUT2D eigenvalue weighted by Gasteiger charge is -2.77. The van der Waals surface area contributed by atoms with Gasteiger partial charge in [0, 0.05) is 100 Å². The molecule has 5 aliphatic heterocycles. The summed E-state index contributed by atoms with van der Waals surface area (Å²) in [6.07, 6.45) is 8.73. The Morgan fingerprint density at radius 1 is 0.880 bits per heavy atom. The second-order valence-electron chi connectivity index (χ2n) is 26.3. The highest BCUT2D eigenvalue weighted by atomic mass is 32.2. The van der Waals surface area contributed by atoms with Gasteiger partial charge in [-0.3, -0.25) is 24.7 Å². The van der Waals surface area contributed by atoms with Crippen molar-refractivity contribution < 1.29 is 42.2 Å². The van der Waals surface area contributed by atoms with Crippen LogP contribution in [0.25, 0.3) is 11.0 Å². The predicted octanol–water partition coefficient (Wildman–Crippen LogP) is 9.98. The van der Waals surface area contributed by atoms with Crippen LogP contribution in [0.1, 0.15) is 128 Å². The van der Waals surface area contributed by atoms with E-state index in [1.165, 1.54) is 17.7 Å². The van der Waals surface area contributed by atoms with Crippen LogP contribution in [0.15, 0.2) is 83.9 Å². The third-order valence-electron chi connectivity index (χ3n) is 20.5. The van der Waals surface area contributed by atoms with Crippen molar-refractivity contribution in [2.45, 2.75) is 153 Å². The van der Waals surface area contributed by atoms with Crippen LogP contribution in [-0.2, 0) is 19.5 Å². The molecule has 7 aliphatic rings. The van der Waals surface area contributed by atoms with Gasteiger partial charge in [-0.2, -0.15) is 4.98 Å². The molecule has 2 aliphatic carbocycles. The van der Waals surface area contributed by atoms with Gasteiger partial charge in [0.15, 0.2) is 0 Å². The lowest BCUT2D eigenvalue weighted by atomic mass is 9.33. The largest absolute Gasteiger partial charge is 0.491 e. The Balaban J connectivity index is 0.842. The third-order valence-corrected chi connectivity index (χ3v) is 21.8. The first-order chi connectivity index (χ1) is 39.6. The SMILES string of the molecule is CC(C)Oc1ccccc1[C@H]1CN(C2CCOCC2)CCN1C1C(C)(C)C2(CCN(c3ccc(C(=O)NS(=O)(=O)c4ccc(NC[C@H]5CC[C@](C)(O)CC5)c([N+](=O)[O-])c4)c(N4c5cc6cc[nH]c6nc5O[C@H]5COCC[C@@H]54)c3)CC2)C1(C)C. The highest BCUT2D eigenvalue weighted by Crippen LogP contribution is 2.74. The number of anilines is 4. The number of para-hydroxylation sites is 1. The summed E-state index contributed by atoms with van der Waals surface area (Å²) >= 11 is 0. The molecule has 6 fully saturated rings. The maximum Gasteiger partial charge on any atom is 0.293 e. The number of aromatic amines is 1. The molecule has 19 nitrogen and oxygen atoms in total. The summed E-state index contributed by atoms with van der Waals surface area (Å²) in [6, 6.07) is 22.5. The number of piperidine rings is 1. The van der Waals surface area contributed by atoms with Crippen molar-refractivity contribution in [2.24, 2.45) is 22.2 Å². The normalized spacial score (nSPS) is 26.7. The number of amides is 1. The summed E-state index contributed by atoms with van der Waals surface area (Å²) in [5.41, 5.74) is 2.93. The maximum atomic E-state index is 15.0. The Bertz CT molecular complexity index is 3320. The molecular weight excluding hydrogens is 1070 g/mol. The molecule has 3 atom stereocenters. The molecule has 12 rings (SSSR count). The molecule has 20 heteroatoms. The Morgan fingerprint density at radius 2 is 1.61 bits per heavy atom. The van der Waals surface area contributed by atoms with E-state index in [-0.39, 0.29) is 57.6 Å². The number of benzene rings is 3. The van der Waals surface area contributed by atoms with Crippen LogP contribution >= 0.6 is 0 Å². The van der Waals surface area contributed by atoms with Crippen LogP contribution in [0.3, 0.4) is 0 Å². The van der Waals surface area contributed by atoms with Crippen molar-refractivity contribution in [3.8, 4) is 11.6 Å². The van der Waals surface area contributed by atoms with E-state index in [1.54, 1.807) is 6.07 Å². The molecule has 7 heterocycles. The van der Waals surface area contributed by atoms with Crippen molar-refractivity contribution in [3.05, 3.63) is 100 Å². The first-order valence-corrected chi connectivity index (χ1v) is 31.7. The molecule has 5 aromatic rings. The fourth-order valence-electron chi connectivity index (χ4n) is 16.4. The number of nitrogens with one attached hydrogen (secondary N) is 3. The van der Waals surface area contributed by atoms with Gasteiger partial charge < -0.3 is 44.2 Å². The number of ether oxygens (including phenoxy) is 4. The first kappa shape index (κ1) is 57.4. The highest BCUT2D eigenvalue weighted by molar-refractivity contribution is 7.90. The van der Waals surface area contributed by atoms with Crippen molar-refractivity contribution in [1.29, 1.82) is 0 Å². The van der Waals surface area contributed by atoms with Crippen LogP contribution in [0.2, 0.25) is 0 Å². The predicted molar refractivity (Wildman–Crippen MR) is 319 cm³/mol. The van der Waals surface area contributed by atoms with Crippen LogP contribution < -0.4 is 29.3 Å². The third kappa shape index (κ3) is 10.5. The van der Waals surface area contributed by atoms with Gasteiger partial charge >= 0.3 is 0 Å². The molecule has 1 amide bonds. The van der Waals surface area contributed by atoms with E-state index < -0.39 is 43.1 Å². The summed E-state index contributed by atoms with van der Waals surface area (Å²) in [4.78, 5) is 44.6. The van der Waals surface area contributed by atoms with Crippen LogP contribution in [-0.4, -0.2) is 146 Å². The second kappa shape index (κ2) is 22.1. The summed E-state index contributed by atoms with van der Waals surface area (Å²) in [5, 5.41) is 26.9. The number of hydrogen-bond donors (Lipinski definition) is 4. The standard InChI is InChI=1S/C63H83N9O10S/c1-40(2)81-54-11-9-8-10-46(54)53-38-69(43-19-31-79-32-20-43)29-30-70(53)59-60(3,4)63(61(59,5)6)24-27-68(28-25-63)44-12-14-47(50(35-44)71-49-21-33-80-39-55(49)82-58-52(71)34-42-18-26-64-56(42)66-58)57(73)67-83(77,78)45-13-15-48(51(36-45)72(75)76)65-37-41-16-22-62(7,74)23-17-41/h8-15,18,26,34-36,40-41,43,49,53,55,59,65,74H,16-17,19-25,27-33,37-39H2,1-7H3,(H,64,66)(H,67,73)/t41-,49-,53+,55-,62-/m0/s1. The number of rotatable bonds is 14. The van der Waals surface area contributed by atoms with Gasteiger partial charge in [-0.1, -0.05) is 45.9 Å². The zero-order chi connectivity index (χ0) is 58.2. The minimum Gasteiger partial charge on any atom is -0.491 e. The van der Waals surface area contributed by atoms with Gasteiger partial charge in [0.1, 0.15) is 28.9 Å². The summed E-state index contributed by atoms with van der Waals surface area (Å²) in [5.74, 6) is 0.624. The zero-order valence-corrected chi connectivity index (χ0v) is 50.0. The molecule has 3 aromatic carbocycles. The van der Waals surface area contributed by atoms with E-state index in [4.69, 9.17) is 23.9 Å². The van der Waals surface area contributed by atoms with E-state index in [2.05, 4.69) is 100 Å². The molecule has 0 bridgehead atoms. The molecule has 2 aromatic heterocycles. The van der Waals surface area contributed by atoms with Gasteiger partial charge in [0.05, 0.1) is 51.5 Å². The Kier molecular flexibility index (Phi) is 15.3. The van der Waals surface area contributed by atoms with Crippen molar-refractivity contribution >= 4 is 55.4 Å². The summed E-state index contributed by atoms with van der Waals surface area (Å²) in [6.45, 7) is 23.2. The Labute approximate surface area is 488 Å². The van der Waals surface area contributed by atoms with Crippen molar-refractivity contribution in [1.82, 2.24) is 24.5 Å². The molecule has 446 valence electrons. The summed E-state index contributed by atoms with van der Waals surface area (Å²) < 4.78 is 56.0. The lowest BCUT2D eigenvalue weighted by Crippen LogP contribution is -2.79.